The van der Waals surface area contributed by atoms with Crippen LogP contribution in [0.15, 0.2) is 33.7 Å². The van der Waals surface area contributed by atoms with Crippen LogP contribution in [0.2, 0.25) is 0 Å². The van der Waals surface area contributed by atoms with Crippen molar-refractivity contribution in [3.63, 3.8) is 0 Å². The molecule has 0 aliphatic carbocycles. The number of hydrogen-bond donors (Lipinski definition) is 0. The quantitative estimate of drug-likeness (QED) is 0.491. The minimum Gasteiger partial charge on any atom is -0.461 e. The minimum absolute atomic E-state index is 0.567. The van der Waals surface area contributed by atoms with Crippen molar-refractivity contribution in [1.29, 1.82) is 0 Å². The van der Waals surface area contributed by atoms with E-state index in [9.17, 15) is 4.79 Å². The van der Waals surface area contributed by atoms with Gasteiger partial charge in [-0.15, -0.1) is 0 Å². The maximum atomic E-state index is 9.99. The summed E-state index contributed by atoms with van der Waals surface area (Å²) in [5.74, 6) is 0.849. The lowest BCUT2D eigenvalue weighted by Crippen LogP contribution is -1.64. The van der Waals surface area contributed by atoms with E-state index in [4.69, 9.17) is 4.42 Å². The number of nitrogens with zero attached hydrogens (tertiary/aromatic N) is 1. The number of fused-ring (bicyclic) bond motifs is 1. The standard InChI is InChI=1S/C10H7NO2/c1-7-4-8-2-3-9(11-6-12)5-10(8)13-7/h2-5H,1H3. The summed E-state index contributed by atoms with van der Waals surface area (Å²) in [5.41, 5.74) is 1.31. The Hall–Kier alpha value is -1.86. The maximum Gasteiger partial charge on any atom is 0.240 e. The van der Waals surface area contributed by atoms with E-state index in [2.05, 4.69) is 4.99 Å². The van der Waals surface area contributed by atoms with Crippen LogP contribution >= 0.6 is 0 Å². The highest BCUT2D eigenvalue weighted by molar-refractivity contribution is 5.81. The molecule has 0 aliphatic heterocycles. The monoisotopic (exact) mass is 173 g/mol. The highest BCUT2D eigenvalue weighted by Crippen LogP contribution is 2.23. The van der Waals surface area contributed by atoms with Crippen molar-refractivity contribution in [3.05, 3.63) is 30.0 Å². The molecule has 64 valence electrons. The summed E-state index contributed by atoms with van der Waals surface area (Å²) in [7, 11) is 0. The Labute approximate surface area is 74.7 Å². The fraction of sp³-hybridized carbons (Fsp3) is 0.100. The number of aryl methyl sites for hydroxylation is 1. The summed E-state index contributed by atoms with van der Waals surface area (Å²) in [5, 5.41) is 1.02. The topological polar surface area (TPSA) is 42.6 Å². The van der Waals surface area contributed by atoms with Crippen LogP contribution in [0.3, 0.4) is 0 Å². The molecule has 1 aromatic carbocycles. The molecule has 0 atom stereocenters. The number of hydrogen-bond acceptors (Lipinski definition) is 3. The van der Waals surface area contributed by atoms with Crippen LogP contribution < -0.4 is 0 Å². The van der Waals surface area contributed by atoms with Gasteiger partial charge in [0.15, 0.2) is 0 Å². The molecule has 0 N–H and O–H groups in total. The van der Waals surface area contributed by atoms with E-state index in [1.807, 2.05) is 19.1 Å². The van der Waals surface area contributed by atoms with Crippen molar-refractivity contribution in [2.75, 3.05) is 0 Å². The Morgan fingerprint density at radius 1 is 1.38 bits per heavy atom. The number of aliphatic imine (C=N–C) groups is 1. The molecule has 13 heavy (non-hydrogen) atoms. The van der Waals surface area contributed by atoms with Crippen LogP contribution in [0.1, 0.15) is 5.76 Å². The third-order valence-corrected chi connectivity index (χ3v) is 1.80. The third-order valence-electron chi connectivity index (χ3n) is 1.80. The van der Waals surface area contributed by atoms with E-state index in [-0.39, 0.29) is 0 Å². The summed E-state index contributed by atoms with van der Waals surface area (Å²) >= 11 is 0. The van der Waals surface area contributed by atoms with Gasteiger partial charge in [0.1, 0.15) is 11.3 Å². The van der Waals surface area contributed by atoms with Crippen LogP contribution in [-0.2, 0) is 4.79 Å². The van der Waals surface area contributed by atoms with Crippen LogP contribution in [0.4, 0.5) is 5.69 Å². The third kappa shape index (κ3) is 1.37. The van der Waals surface area contributed by atoms with Gasteiger partial charge in [-0.3, -0.25) is 0 Å². The van der Waals surface area contributed by atoms with Gasteiger partial charge in [-0.2, -0.15) is 4.99 Å². The summed E-state index contributed by atoms with van der Waals surface area (Å²) < 4.78 is 5.37. The number of benzene rings is 1. The van der Waals surface area contributed by atoms with E-state index in [1.54, 1.807) is 12.1 Å². The van der Waals surface area contributed by atoms with Gasteiger partial charge in [0.2, 0.25) is 6.08 Å². The average molecular weight is 173 g/mol. The molecule has 0 saturated heterocycles. The SMILES string of the molecule is Cc1cc2ccc(N=C=O)cc2o1. The first-order valence-electron chi connectivity index (χ1n) is 3.87. The molecule has 0 unspecified atom stereocenters. The summed E-state index contributed by atoms with van der Waals surface area (Å²) in [6.45, 7) is 1.88. The molecular weight excluding hydrogens is 166 g/mol. The van der Waals surface area contributed by atoms with Crippen LogP contribution in [-0.4, -0.2) is 6.08 Å². The van der Waals surface area contributed by atoms with E-state index < -0.39 is 0 Å². The predicted octanol–water partition coefficient (Wildman–Crippen LogP) is 2.71. The molecule has 0 amide bonds. The fourth-order valence-electron chi connectivity index (χ4n) is 1.27. The molecule has 0 aliphatic rings. The lowest BCUT2D eigenvalue weighted by molar-refractivity contribution is 0.565. The second-order valence-corrected chi connectivity index (χ2v) is 2.78. The fourth-order valence-corrected chi connectivity index (χ4v) is 1.27. The van der Waals surface area contributed by atoms with E-state index in [1.165, 1.54) is 6.08 Å². The lowest BCUT2D eigenvalue weighted by Gasteiger charge is -1.89. The van der Waals surface area contributed by atoms with Gasteiger partial charge in [0.05, 0.1) is 5.69 Å². The summed E-state index contributed by atoms with van der Waals surface area (Å²) in [6.07, 6.45) is 1.49. The molecule has 0 fully saturated rings. The zero-order valence-corrected chi connectivity index (χ0v) is 7.07. The zero-order valence-electron chi connectivity index (χ0n) is 7.07. The Morgan fingerprint density at radius 3 is 3.00 bits per heavy atom. The van der Waals surface area contributed by atoms with Crippen molar-refractivity contribution in [2.45, 2.75) is 6.92 Å². The summed E-state index contributed by atoms with van der Waals surface area (Å²) in [6, 6.07) is 7.27. The van der Waals surface area contributed by atoms with E-state index in [0.29, 0.717) is 5.69 Å². The normalized spacial score (nSPS) is 9.92. The average Bonchev–Trinajstić information content (AvgIpc) is 2.44. The van der Waals surface area contributed by atoms with Gasteiger partial charge in [0.25, 0.3) is 0 Å². The van der Waals surface area contributed by atoms with Crippen LogP contribution in [0.25, 0.3) is 11.0 Å². The van der Waals surface area contributed by atoms with Gasteiger partial charge in [0, 0.05) is 11.5 Å². The molecule has 1 heterocycles. The van der Waals surface area contributed by atoms with Crippen molar-refractivity contribution in [1.82, 2.24) is 0 Å². The van der Waals surface area contributed by atoms with Crippen LogP contribution in [0.5, 0.6) is 0 Å². The molecule has 0 radical (unpaired) electrons. The number of isocyanates is 1. The van der Waals surface area contributed by atoms with Crippen molar-refractivity contribution in [3.8, 4) is 0 Å². The molecule has 1 aromatic heterocycles. The Kier molecular flexibility index (Phi) is 1.72. The smallest absolute Gasteiger partial charge is 0.240 e. The molecule has 2 rings (SSSR count). The zero-order chi connectivity index (χ0) is 9.26. The Balaban J connectivity index is 2.67. The van der Waals surface area contributed by atoms with Gasteiger partial charge < -0.3 is 4.42 Å². The molecule has 0 bridgehead atoms. The molecule has 3 nitrogen and oxygen atoms in total. The largest absolute Gasteiger partial charge is 0.461 e. The van der Waals surface area contributed by atoms with Crippen molar-refractivity contribution < 1.29 is 9.21 Å². The first-order chi connectivity index (χ1) is 6.29. The second kappa shape index (κ2) is 2.88. The maximum absolute atomic E-state index is 9.99. The molecule has 3 heteroatoms. The van der Waals surface area contributed by atoms with Gasteiger partial charge in [-0.05, 0) is 25.1 Å². The number of rotatable bonds is 1. The number of furan rings is 1. The minimum atomic E-state index is 0.567. The van der Waals surface area contributed by atoms with Gasteiger partial charge >= 0.3 is 0 Å². The van der Waals surface area contributed by atoms with Crippen molar-refractivity contribution >= 4 is 22.7 Å². The lowest BCUT2D eigenvalue weighted by atomic mass is 10.2. The summed E-state index contributed by atoms with van der Waals surface area (Å²) in [4.78, 5) is 13.5. The van der Waals surface area contributed by atoms with Gasteiger partial charge in [-0.1, -0.05) is 0 Å². The Bertz CT molecular complexity index is 493. The second-order valence-electron chi connectivity index (χ2n) is 2.78. The molecule has 0 saturated carbocycles. The van der Waals surface area contributed by atoms with Crippen LogP contribution in [0, 0.1) is 6.92 Å². The number of carbonyl (C=O) groups excluding carboxylic acids is 1. The molecule has 0 spiro atoms. The predicted molar refractivity (Wildman–Crippen MR) is 48.7 cm³/mol. The highest BCUT2D eigenvalue weighted by atomic mass is 16.3. The Morgan fingerprint density at radius 2 is 2.23 bits per heavy atom. The van der Waals surface area contributed by atoms with Crippen molar-refractivity contribution in [2.24, 2.45) is 4.99 Å². The molecular formula is C10H7NO2. The highest BCUT2D eigenvalue weighted by Gasteiger charge is 2.00. The van der Waals surface area contributed by atoms with E-state index in [0.717, 1.165) is 16.7 Å². The first kappa shape index (κ1) is 7.77. The molecule has 2 aromatic rings. The first-order valence-corrected chi connectivity index (χ1v) is 3.87. The van der Waals surface area contributed by atoms with E-state index >= 15 is 0 Å². The van der Waals surface area contributed by atoms with Gasteiger partial charge in [-0.25, -0.2) is 4.79 Å².